The number of hydrogen-bond acceptors (Lipinski definition) is 10. The Morgan fingerprint density at radius 2 is 1.77 bits per heavy atom. The van der Waals surface area contributed by atoms with Gasteiger partial charge in [-0.1, -0.05) is 12.1 Å². The minimum atomic E-state index is -1.10. The van der Waals surface area contributed by atoms with Crippen molar-refractivity contribution < 1.29 is 52.0 Å². The van der Waals surface area contributed by atoms with Crippen molar-refractivity contribution in [2.75, 3.05) is 40.5 Å². The van der Waals surface area contributed by atoms with Gasteiger partial charge in [-0.2, -0.15) is 0 Å². The average molecular weight is 626 g/mol. The number of methoxy groups -OCH3 is 2. The monoisotopic (exact) mass is 625 g/mol. The second-order valence-electron chi connectivity index (χ2n) is 10.9. The number of carbonyl (C=O) groups is 4. The van der Waals surface area contributed by atoms with E-state index in [-0.39, 0.29) is 31.2 Å². The molecule has 0 aromatic heterocycles. The molecule has 2 aliphatic rings. The van der Waals surface area contributed by atoms with Gasteiger partial charge in [0.15, 0.2) is 5.79 Å². The Hall–Kier alpha value is -3.49. The van der Waals surface area contributed by atoms with Crippen LogP contribution in [0.15, 0.2) is 24.3 Å². The van der Waals surface area contributed by atoms with E-state index in [0.29, 0.717) is 51.8 Å². The van der Waals surface area contributed by atoms with Gasteiger partial charge < -0.3 is 44.4 Å². The van der Waals surface area contributed by atoms with Gasteiger partial charge in [-0.05, 0) is 50.3 Å². The van der Waals surface area contributed by atoms with Gasteiger partial charge in [-0.25, -0.2) is 18.8 Å². The summed E-state index contributed by atoms with van der Waals surface area (Å²) in [6.45, 7) is 2.51. The Bertz CT molecular complexity index is 1090. The summed E-state index contributed by atoms with van der Waals surface area (Å²) in [5, 5.41) is 7.92. The lowest BCUT2D eigenvalue weighted by molar-refractivity contribution is -0.329. The number of hydrogen-bond donors (Lipinski definition) is 3. The Morgan fingerprint density at radius 1 is 1.05 bits per heavy atom. The predicted octanol–water partition coefficient (Wildman–Crippen LogP) is 2.74. The molecule has 0 aliphatic carbocycles. The predicted molar refractivity (Wildman–Crippen MR) is 154 cm³/mol. The molecule has 2 saturated heterocycles. The van der Waals surface area contributed by atoms with E-state index < -0.39 is 48.3 Å². The number of carbonyl (C=O) groups excluding carboxylic acids is 4. The van der Waals surface area contributed by atoms with E-state index in [4.69, 9.17) is 23.7 Å². The fraction of sp³-hybridized carbons (Fsp3) is 0.667. The van der Waals surface area contributed by atoms with Gasteiger partial charge in [0.2, 0.25) is 5.91 Å². The van der Waals surface area contributed by atoms with Crippen molar-refractivity contribution in [1.82, 2.24) is 16.0 Å². The Labute approximate surface area is 256 Å². The summed E-state index contributed by atoms with van der Waals surface area (Å²) in [5.74, 6) is -2.33. The molecule has 3 rings (SSSR count). The Kier molecular flexibility index (Phi) is 14.1. The van der Waals surface area contributed by atoms with E-state index in [1.54, 1.807) is 12.1 Å². The largest absolute Gasteiger partial charge is 0.467 e. The number of amides is 3. The molecule has 44 heavy (non-hydrogen) atoms. The fourth-order valence-corrected chi connectivity index (χ4v) is 5.23. The molecule has 2 fully saturated rings. The molecular weight excluding hydrogens is 581 g/mol. The number of esters is 1. The van der Waals surface area contributed by atoms with E-state index in [0.717, 1.165) is 12.0 Å². The SMILES string of the molecule is COCCNC(=O)OCC1CCCC2(CC(OC(=O)NCCc3ccc(F)cc3)CC(CCC(=O)N[C@@H](C)C(=O)OC)O2)O1. The van der Waals surface area contributed by atoms with Crippen molar-refractivity contribution in [3.05, 3.63) is 35.6 Å². The first kappa shape index (κ1) is 35.0. The maximum absolute atomic E-state index is 13.2. The molecule has 1 aromatic carbocycles. The zero-order valence-corrected chi connectivity index (χ0v) is 25.6. The second kappa shape index (κ2) is 17.7. The molecule has 14 heteroatoms. The zero-order valence-electron chi connectivity index (χ0n) is 25.6. The zero-order chi connectivity index (χ0) is 32.0. The van der Waals surface area contributed by atoms with Gasteiger partial charge in [0.05, 0.1) is 25.9 Å². The quantitative estimate of drug-likeness (QED) is 0.159. The molecule has 1 aromatic rings. The number of alkyl carbamates (subject to hydrolysis) is 2. The van der Waals surface area contributed by atoms with Crippen LogP contribution < -0.4 is 16.0 Å². The van der Waals surface area contributed by atoms with Crippen molar-refractivity contribution >= 4 is 24.1 Å². The van der Waals surface area contributed by atoms with Crippen LogP contribution in [0.5, 0.6) is 0 Å². The normalized spacial score (nSPS) is 23.7. The summed E-state index contributed by atoms with van der Waals surface area (Å²) < 4.78 is 46.6. The lowest BCUT2D eigenvalue weighted by Crippen LogP contribution is -2.54. The highest BCUT2D eigenvalue weighted by Crippen LogP contribution is 2.41. The highest BCUT2D eigenvalue weighted by Gasteiger charge is 2.47. The standard InChI is InChI=1S/C30H44FN3O10/c1-20(27(36)40-3)34-26(35)11-10-23-17-25(42-29(38)32-14-12-21-6-8-22(31)9-7-21)18-30(43-23)13-4-5-24(44-30)19-41-28(37)33-15-16-39-2/h6-9,20,23-25H,4-5,10-19H2,1-3H3,(H,32,38)(H,33,37)(H,34,35)/t20-,23?,24?,25?,30?/m0/s1. The van der Waals surface area contributed by atoms with Crippen LogP contribution in [0.25, 0.3) is 0 Å². The van der Waals surface area contributed by atoms with Gasteiger partial charge in [-0.3, -0.25) is 4.79 Å². The van der Waals surface area contributed by atoms with E-state index in [9.17, 15) is 23.6 Å². The van der Waals surface area contributed by atoms with E-state index >= 15 is 0 Å². The van der Waals surface area contributed by atoms with Crippen molar-refractivity contribution in [2.24, 2.45) is 0 Å². The molecule has 2 heterocycles. The molecule has 0 saturated carbocycles. The summed E-state index contributed by atoms with van der Waals surface area (Å²) in [6.07, 6.45) is 0.638. The average Bonchev–Trinajstić information content (AvgIpc) is 2.99. The smallest absolute Gasteiger partial charge is 0.407 e. The first-order valence-electron chi connectivity index (χ1n) is 14.9. The molecule has 3 N–H and O–H groups in total. The van der Waals surface area contributed by atoms with Crippen LogP contribution in [0.3, 0.4) is 0 Å². The molecule has 4 unspecified atom stereocenters. The van der Waals surface area contributed by atoms with Crippen molar-refractivity contribution in [1.29, 1.82) is 0 Å². The van der Waals surface area contributed by atoms with E-state index in [2.05, 4.69) is 20.7 Å². The summed E-state index contributed by atoms with van der Waals surface area (Å²) in [4.78, 5) is 48.9. The van der Waals surface area contributed by atoms with Crippen LogP contribution in [0, 0.1) is 5.82 Å². The topological polar surface area (TPSA) is 160 Å². The molecular formula is C30H44FN3O10. The van der Waals surface area contributed by atoms with Gasteiger partial charge in [0.1, 0.15) is 24.6 Å². The highest BCUT2D eigenvalue weighted by atomic mass is 19.1. The molecule has 13 nitrogen and oxygen atoms in total. The minimum Gasteiger partial charge on any atom is -0.467 e. The number of ether oxygens (including phenoxy) is 6. The number of nitrogens with one attached hydrogen (secondary N) is 3. The number of rotatable bonds is 14. The first-order valence-corrected chi connectivity index (χ1v) is 14.9. The van der Waals surface area contributed by atoms with Crippen molar-refractivity contribution in [3.8, 4) is 0 Å². The van der Waals surface area contributed by atoms with Crippen LogP contribution in [-0.4, -0.2) is 94.7 Å². The summed E-state index contributed by atoms with van der Waals surface area (Å²) in [6, 6.07) is 5.24. The maximum Gasteiger partial charge on any atom is 0.407 e. The van der Waals surface area contributed by atoms with Crippen LogP contribution >= 0.6 is 0 Å². The third kappa shape index (κ3) is 11.9. The van der Waals surface area contributed by atoms with E-state index in [1.807, 2.05) is 0 Å². The lowest BCUT2D eigenvalue weighted by atomic mass is 9.90. The number of benzene rings is 1. The van der Waals surface area contributed by atoms with Crippen molar-refractivity contribution in [2.45, 2.75) is 88.4 Å². The Balaban J connectivity index is 1.59. The minimum absolute atomic E-state index is 0.0117. The number of halogens is 1. The third-order valence-corrected chi connectivity index (χ3v) is 7.38. The van der Waals surface area contributed by atoms with Gasteiger partial charge >= 0.3 is 18.2 Å². The third-order valence-electron chi connectivity index (χ3n) is 7.38. The molecule has 0 bridgehead atoms. The van der Waals surface area contributed by atoms with Gasteiger partial charge in [0, 0.05) is 45.9 Å². The Morgan fingerprint density at radius 3 is 2.50 bits per heavy atom. The second-order valence-corrected chi connectivity index (χ2v) is 10.9. The first-order chi connectivity index (χ1) is 21.1. The maximum atomic E-state index is 13.2. The molecule has 246 valence electrons. The van der Waals surface area contributed by atoms with Crippen LogP contribution in [-0.2, 0) is 44.4 Å². The van der Waals surface area contributed by atoms with E-state index in [1.165, 1.54) is 33.3 Å². The lowest BCUT2D eigenvalue weighted by Gasteiger charge is -2.47. The van der Waals surface area contributed by atoms with Gasteiger partial charge in [0.25, 0.3) is 0 Å². The molecule has 5 atom stereocenters. The van der Waals surface area contributed by atoms with Crippen LogP contribution in [0.1, 0.15) is 57.4 Å². The fourth-order valence-electron chi connectivity index (χ4n) is 5.23. The summed E-state index contributed by atoms with van der Waals surface area (Å²) in [7, 11) is 2.78. The van der Waals surface area contributed by atoms with Gasteiger partial charge in [-0.15, -0.1) is 0 Å². The van der Waals surface area contributed by atoms with Crippen LogP contribution in [0.4, 0.5) is 14.0 Å². The molecule has 3 amide bonds. The molecule has 2 aliphatic heterocycles. The molecule has 0 radical (unpaired) electrons. The van der Waals surface area contributed by atoms with Crippen molar-refractivity contribution in [3.63, 3.8) is 0 Å². The van der Waals surface area contributed by atoms with Crippen LogP contribution in [0.2, 0.25) is 0 Å². The summed E-state index contributed by atoms with van der Waals surface area (Å²) >= 11 is 0. The molecule has 1 spiro atoms. The summed E-state index contributed by atoms with van der Waals surface area (Å²) in [5.41, 5.74) is 0.868. The highest BCUT2D eigenvalue weighted by molar-refractivity contribution is 5.84.